The standard InChI is InChI=1S/C18H19N7.C17H19N7/c1-3-25(4-2)10-15-22-16-12-6-5-11(13-7-8-20-24-13)9-14(12)21-18(19)17(16)23-15;1-3-24(2)9-14-21-15-11-5-4-10(12-6-7-19-23-12)8-13(11)20-17(18)16(15)22-14/h3,5-9H,1,4,10H2,2H3,(H2,19,21)(H,20,24)(H,22,23);4-8H,3,9H2,1-2H3,(H2,18,20)(H,19,23)(H,21,22). The second-order valence-electron chi connectivity index (χ2n) is 11.8. The third kappa shape index (κ3) is 6.12. The number of nitrogens with one attached hydrogen (secondary N) is 4. The van der Waals surface area contributed by atoms with Crippen molar-refractivity contribution in [2.45, 2.75) is 26.9 Å². The minimum atomic E-state index is 0.449. The van der Waals surface area contributed by atoms with Crippen molar-refractivity contribution in [3.8, 4) is 22.5 Å². The van der Waals surface area contributed by atoms with Crippen LogP contribution in [0, 0.1) is 0 Å². The maximum atomic E-state index is 6.16. The predicted octanol–water partition coefficient (Wildman–Crippen LogP) is 5.58. The van der Waals surface area contributed by atoms with Gasteiger partial charge in [0.05, 0.1) is 35.5 Å². The molecule has 6 heterocycles. The Balaban J connectivity index is 0.000000154. The topological polar surface area (TPSA) is 199 Å². The number of nitrogen functional groups attached to an aromatic ring is 2. The molecule has 0 aliphatic heterocycles. The molecule has 0 spiro atoms. The molecule has 2 aromatic carbocycles. The quantitative estimate of drug-likeness (QED) is 0.114. The number of rotatable bonds is 9. The van der Waals surface area contributed by atoms with Crippen LogP contribution in [0.4, 0.5) is 11.6 Å². The van der Waals surface area contributed by atoms with E-state index in [2.05, 4.69) is 77.6 Å². The van der Waals surface area contributed by atoms with E-state index < -0.39 is 0 Å². The van der Waals surface area contributed by atoms with Crippen LogP contribution in [0.5, 0.6) is 0 Å². The number of fused-ring (bicyclic) bond motifs is 6. The van der Waals surface area contributed by atoms with E-state index >= 15 is 0 Å². The minimum Gasteiger partial charge on any atom is -0.382 e. The van der Waals surface area contributed by atoms with E-state index in [1.807, 2.05) is 54.7 Å². The molecule has 0 unspecified atom stereocenters. The summed E-state index contributed by atoms with van der Waals surface area (Å²) in [4.78, 5) is 29.4. The molecule has 0 saturated heterocycles. The SMILES string of the molecule is C=CN(CC)Cc1nc2c([nH]1)c(N)nc1cc(-c3ccn[nH]3)ccc12.CCN(C)Cc1nc2c([nH]1)c(N)nc1cc(-c3ccn[nH]3)ccc12. The highest BCUT2D eigenvalue weighted by Crippen LogP contribution is 2.31. The average Bonchev–Trinajstić information content (AvgIpc) is 3.94. The molecule has 0 saturated carbocycles. The third-order valence-electron chi connectivity index (χ3n) is 8.61. The summed E-state index contributed by atoms with van der Waals surface area (Å²) in [5.41, 5.74) is 21.2. The van der Waals surface area contributed by atoms with Crippen LogP contribution in [0.2, 0.25) is 0 Å². The van der Waals surface area contributed by atoms with Gasteiger partial charge in [0.15, 0.2) is 0 Å². The van der Waals surface area contributed by atoms with Gasteiger partial charge in [-0.25, -0.2) is 19.9 Å². The fourth-order valence-corrected chi connectivity index (χ4v) is 5.81. The van der Waals surface area contributed by atoms with Gasteiger partial charge < -0.3 is 26.3 Å². The number of benzene rings is 2. The first-order chi connectivity index (χ1) is 23.8. The van der Waals surface area contributed by atoms with Gasteiger partial charge in [-0.05, 0) is 63.1 Å². The van der Waals surface area contributed by atoms with Crippen LogP contribution < -0.4 is 11.5 Å². The van der Waals surface area contributed by atoms with Crippen molar-refractivity contribution < 1.29 is 0 Å². The van der Waals surface area contributed by atoms with Crippen molar-refractivity contribution in [3.05, 3.63) is 85.4 Å². The summed E-state index contributed by atoms with van der Waals surface area (Å²) < 4.78 is 0. The van der Waals surface area contributed by atoms with E-state index in [0.29, 0.717) is 18.2 Å². The Labute approximate surface area is 281 Å². The Kier molecular flexibility index (Phi) is 8.36. The van der Waals surface area contributed by atoms with Gasteiger partial charge in [-0.2, -0.15) is 10.2 Å². The van der Waals surface area contributed by atoms with E-state index in [9.17, 15) is 0 Å². The Bertz CT molecular complexity index is 2390. The second kappa shape index (κ2) is 13.1. The van der Waals surface area contributed by atoms with E-state index in [-0.39, 0.29) is 0 Å². The molecule has 14 nitrogen and oxygen atoms in total. The number of aromatic nitrogens is 10. The lowest BCUT2D eigenvalue weighted by atomic mass is 10.1. The summed E-state index contributed by atoms with van der Waals surface area (Å²) in [5.74, 6) is 2.66. The van der Waals surface area contributed by atoms with Crippen LogP contribution >= 0.6 is 0 Å². The van der Waals surface area contributed by atoms with E-state index in [4.69, 9.17) is 21.4 Å². The number of hydrogen-bond donors (Lipinski definition) is 6. The molecule has 6 aromatic heterocycles. The molecule has 0 amide bonds. The van der Waals surface area contributed by atoms with Crippen LogP contribution in [0.15, 0.2) is 73.7 Å². The number of H-pyrrole nitrogens is 4. The molecule has 8 aromatic rings. The summed E-state index contributed by atoms with van der Waals surface area (Å²) in [6.07, 6.45) is 5.27. The second-order valence-corrected chi connectivity index (χ2v) is 11.8. The molecule has 8 rings (SSSR count). The molecule has 0 bridgehead atoms. The largest absolute Gasteiger partial charge is 0.382 e. The molecule has 14 heteroatoms. The molecule has 0 fully saturated rings. The number of imidazole rings is 2. The number of aromatic amines is 4. The normalized spacial score (nSPS) is 11.5. The average molecular weight is 655 g/mol. The van der Waals surface area contributed by atoms with Gasteiger partial charge in [0.1, 0.15) is 45.4 Å². The Morgan fingerprint density at radius 2 is 1.20 bits per heavy atom. The number of nitrogens with two attached hydrogens (primary N) is 2. The molecule has 0 aliphatic rings. The van der Waals surface area contributed by atoms with Gasteiger partial charge in [-0.3, -0.25) is 15.1 Å². The summed E-state index contributed by atoms with van der Waals surface area (Å²) in [6, 6.07) is 16.0. The zero-order chi connectivity index (χ0) is 34.1. The van der Waals surface area contributed by atoms with Crippen molar-refractivity contribution >= 4 is 55.5 Å². The van der Waals surface area contributed by atoms with E-state index in [1.54, 1.807) is 12.4 Å². The number of anilines is 2. The van der Waals surface area contributed by atoms with Crippen molar-refractivity contribution in [1.82, 2.24) is 60.1 Å². The summed E-state index contributed by atoms with van der Waals surface area (Å²) in [7, 11) is 2.06. The molecule has 49 heavy (non-hydrogen) atoms. The predicted molar refractivity (Wildman–Crippen MR) is 195 cm³/mol. The minimum absolute atomic E-state index is 0.449. The fraction of sp³-hybridized carbons (Fsp3) is 0.200. The zero-order valence-electron chi connectivity index (χ0n) is 27.6. The van der Waals surface area contributed by atoms with Gasteiger partial charge in [0.25, 0.3) is 0 Å². The lowest BCUT2D eigenvalue weighted by molar-refractivity contribution is 0.338. The highest BCUT2D eigenvalue weighted by atomic mass is 15.1. The molecule has 0 aliphatic carbocycles. The molecule has 0 radical (unpaired) electrons. The van der Waals surface area contributed by atoms with Gasteiger partial charge >= 0.3 is 0 Å². The van der Waals surface area contributed by atoms with Gasteiger partial charge in [0, 0.05) is 40.8 Å². The maximum Gasteiger partial charge on any atom is 0.150 e. The van der Waals surface area contributed by atoms with Crippen molar-refractivity contribution in [1.29, 1.82) is 0 Å². The van der Waals surface area contributed by atoms with Crippen LogP contribution in [0.1, 0.15) is 25.5 Å². The Morgan fingerprint density at radius 1 is 0.694 bits per heavy atom. The van der Waals surface area contributed by atoms with Gasteiger partial charge in [0.2, 0.25) is 0 Å². The first-order valence-electron chi connectivity index (χ1n) is 16.0. The van der Waals surface area contributed by atoms with Crippen molar-refractivity contribution in [2.24, 2.45) is 0 Å². The van der Waals surface area contributed by atoms with Crippen molar-refractivity contribution in [3.63, 3.8) is 0 Å². The highest BCUT2D eigenvalue weighted by molar-refractivity contribution is 6.08. The van der Waals surface area contributed by atoms with Gasteiger partial charge in [-0.1, -0.05) is 25.6 Å². The van der Waals surface area contributed by atoms with Crippen LogP contribution in [0.25, 0.3) is 66.4 Å². The van der Waals surface area contributed by atoms with E-state index in [1.165, 1.54) is 0 Å². The number of hydrogen-bond acceptors (Lipinski definition) is 10. The Morgan fingerprint density at radius 3 is 1.63 bits per heavy atom. The molecule has 8 N–H and O–H groups in total. The lowest BCUT2D eigenvalue weighted by Crippen LogP contribution is -2.17. The number of nitrogens with zero attached hydrogens (tertiary/aromatic N) is 8. The molecular weight excluding hydrogens is 616 g/mol. The molecule has 0 atom stereocenters. The number of pyridine rings is 2. The third-order valence-corrected chi connectivity index (χ3v) is 8.61. The van der Waals surface area contributed by atoms with Crippen LogP contribution in [-0.4, -0.2) is 80.2 Å². The molecule has 248 valence electrons. The Hall–Kier alpha value is -6.28. The first kappa shape index (κ1) is 31.3. The lowest BCUT2D eigenvalue weighted by Gasteiger charge is -2.15. The summed E-state index contributed by atoms with van der Waals surface area (Å²) in [5, 5.41) is 15.9. The van der Waals surface area contributed by atoms with E-state index in [0.717, 1.165) is 97.7 Å². The summed E-state index contributed by atoms with van der Waals surface area (Å²) in [6.45, 7) is 11.2. The monoisotopic (exact) mass is 654 g/mol. The zero-order valence-corrected chi connectivity index (χ0v) is 27.6. The molecular formula is C35H38N14. The maximum absolute atomic E-state index is 6.16. The smallest absolute Gasteiger partial charge is 0.150 e. The highest BCUT2D eigenvalue weighted by Gasteiger charge is 2.15. The summed E-state index contributed by atoms with van der Waals surface area (Å²) >= 11 is 0. The van der Waals surface area contributed by atoms with Crippen molar-refractivity contribution in [2.75, 3.05) is 31.6 Å². The van der Waals surface area contributed by atoms with Crippen LogP contribution in [0.3, 0.4) is 0 Å². The first-order valence-corrected chi connectivity index (χ1v) is 16.0. The fourth-order valence-electron chi connectivity index (χ4n) is 5.81. The van der Waals surface area contributed by atoms with Crippen LogP contribution in [-0.2, 0) is 13.1 Å². The van der Waals surface area contributed by atoms with Gasteiger partial charge in [-0.15, -0.1) is 0 Å².